The first-order valence-electron chi connectivity index (χ1n) is 6.62. The Morgan fingerprint density at radius 2 is 1.94 bits per heavy atom. The zero-order valence-electron chi connectivity index (χ0n) is 11.3. The van der Waals surface area contributed by atoms with Crippen LogP contribution in [0.5, 0.6) is 5.75 Å². The highest BCUT2D eigenvalue weighted by Crippen LogP contribution is 2.14. The molecule has 0 heterocycles. The van der Waals surface area contributed by atoms with E-state index in [1.54, 1.807) is 0 Å². The highest BCUT2D eigenvalue weighted by molar-refractivity contribution is 5.27. The summed E-state index contributed by atoms with van der Waals surface area (Å²) in [5, 5.41) is 3.16. The van der Waals surface area contributed by atoms with E-state index in [0.29, 0.717) is 5.92 Å². The maximum absolute atomic E-state index is 5.74. The second kappa shape index (κ2) is 8.13. The molecule has 1 N–H and O–H groups in total. The molecule has 0 aliphatic rings. The number of unbranched alkanes of at least 4 members (excludes halogenated alkanes) is 1. The summed E-state index contributed by atoms with van der Waals surface area (Å²) in [5.74, 6) is 1.52. The molecule has 0 aliphatic heterocycles. The lowest BCUT2D eigenvalue weighted by Gasteiger charge is -2.12. The predicted molar refractivity (Wildman–Crippen MR) is 73.6 cm³/mol. The van der Waals surface area contributed by atoms with Crippen molar-refractivity contribution in [2.45, 2.75) is 33.1 Å². The average molecular weight is 235 g/mol. The first kappa shape index (κ1) is 14.0. The Labute approximate surface area is 105 Å². The fourth-order valence-electron chi connectivity index (χ4n) is 1.78. The Balaban J connectivity index is 2.34. The van der Waals surface area contributed by atoms with Gasteiger partial charge in [-0.15, -0.1) is 0 Å². The second-order valence-electron chi connectivity index (χ2n) is 4.72. The van der Waals surface area contributed by atoms with Crippen molar-refractivity contribution in [3.05, 3.63) is 29.8 Å². The van der Waals surface area contributed by atoms with Gasteiger partial charge in [0.25, 0.3) is 0 Å². The van der Waals surface area contributed by atoms with Crippen LogP contribution in [0.1, 0.15) is 32.3 Å². The van der Waals surface area contributed by atoms with E-state index >= 15 is 0 Å². The van der Waals surface area contributed by atoms with Crippen LogP contribution < -0.4 is 10.1 Å². The zero-order chi connectivity index (χ0) is 12.5. The largest absolute Gasteiger partial charge is 0.493 e. The van der Waals surface area contributed by atoms with E-state index in [-0.39, 0.29) is 0 Å². The summed E-state index contributed by atoms with van der Waals surface area (Å²) in [6.07, 6.45) is 3.69. The number of nitrogens with one attached hydrogen (secondary N) is 1. The SMILES string of the molecule is CCCCc1ccc(OCC(C)CNC)cc1. The monoisotopic (exact) mass is 235 g/mol. The number of aryl methyl sites for hydroxylation is 1. The van der Waals surface area contributed by atoms with E-state index in [9.17, 15) is 0 Å². The van der Waals surface area contributed by atoms with Gasteiger partial charge < -0.3 is 10.1 Å². The zero-order valence-corrected chi connectivity index (χ0v) is 11.3. The predicted octanol–water partition coefficient (Wildman–Crippen LogP) is 3.26. The summed E-state index contributed by atoms with van der Waals surface area (Å²) in [5.41, 5.74) is 1.41. The fourth-order valence-corrected chi connectivity index (χ4v) is 1.78. The molecule has 0 spiro atoms. The normalized spacial score (nSPS) is 12.4. The van der Waals surface area contributed by atoms with Crippen LogP contribution in [0.2, 0.25) is 0 Å². The van der Waals surface area contributed by atoms with Gasteiger partial charge in [0.1, 0.15) is 5.75 Å². The lowest BCUT2D eigenvalue weighted by atomic mass is 10.1. The molecule has 1 atom stereocenters. The molecule has 2 nitrogen and oxygen atoms in total. The van der Waals surface area contributed by atoms with Crippen molar-refractivity contribution < 1.29 is 4.74 Å². The Hall–Kier alpha value is -1.02. The molecule has 17 heavy (non-hydrogen) atoms. The summed E-state index contributed by atoms with van der Waals surface area (Å²) >= 11 is 0. The van der Waals surface area contributed by atoms with Crippen LogP contribution in [0, 0.1) is 5.92 Å². The molecule has 1 aromatic carbocycles. The third-order valence-corrected chi connectivity index (χ3v) is 2.83. The molecule has 1 unspecified atom stereocenters. The molecule has 2 heteroatoms. The van der Waals surface area contributed by atoms with E-state index in [1.165, 1.54) is 24.8 Å². The van der Waals surface area contributed by atoms with Crippen molar-refractivity contribution in [2.75, 3.05) is 20.2 Å². The highest BCUT2D eigenvalue weighted by atomic mass is 16.5. The molecule has 1 aromatic rings. The lowest BCUT2D eigenvalue weighted by molar-refractivity contribution is 0.258. The maximum Gasteiger partial charge on any atom is 0.119 e. The quantitative estimate of drug-likeness (QED) is 0.746. The second-order valence-corrected chi connectivity index (χ2v) is 4.72. The van der Waals surface area contributed by atoms with Crippen LogP contribution >= 0.6 is 0 Å². The molecular formula is C15H25NO. The Kier molecular flexibility index (Phi) is 6.71. The minimum Gasteiger partial charge on any atom is -0.493 e. The van der Waals surface area contributed by atoms with Gasteiger partial charge >= 0.3 is 0 Å². The third-order valence-electron chi connectivity index (χ3n) is 2.83. The topological polar surface area (TPSA) is 21.3 Å². The van der Waals surface area contributed by atoms with Gasteiger partial charge in [0.05, 0.1) is 6.61 Å². The van der Waals surface area contributed by atoms with Crippen molar-refractivity contribution in [1.82, 2.24) is 5.32 Å². The van der Waals surface area contributed by atoms with Crippen LogP contribution in [-0.2, 0) is 6.42 Å². The number of hydrogen-bond donors (Lipinski definition) is 1. The first-order chi connectivity index (χ1) is 8.26. The molecule has 0 radical (unpaired) electrons. The van der Waals surface area contributed by atoms with Crippen molar-refractivity contribution in [3.63, 3.8) is 0 Å². The van der Waals surface area contributed by atoms with Gasteiger partial charge in [0.2, 0.25) is 0 Å². The molecule has 0 amide bonds. The number of ether oxygens (including phenoxy) is 1. The van der Waals surface area contributed by atoms with E-state index in [2.05, 4.69) is 43.4 Å². The molecule has 0 bridgehead atoms. The highest BCUT2D eigenvalue weighted by Gasteiger charge is 2.01. The minimum atomic E-state index is 0.541. The number of hydrogen-bond acceptors (Lipinski definition) is 2. The molecular weight excluding hydrogens is 210 g/mol. The van der Waals surface area contributed by atoms with Crippen LogP contribution in [-0.4, -0.2) is 20.2 Å². The van der Waals surface area contributed by atoms with Crippen molar-refractivity contribution in [3.8, 4) is 5.75 Å². The summed E-state index contributed by atoms with van der Waals surface area (Å²) in [7, 11) is 1.97. The molecule has 96 valence electrons. The number of rotatable bonds is 8. The van der Waals surface area contributed by atoms with Gasteiger partial charge in [-0.1, -0.05) is 32.4 Å². The smallest absolute Gasteiger partial charge is 0.119 e. The molecule has 0 fully saturated rings. The van der Waals surface area contributed by atoms with Gasteiger partial charge in [-0.05, 0) is 37.6 Å². The van der Waals surface area contributed by atoms with E-state index < -0.39 is 0 Å². The van der Waals surface area contributed by atoms with E-state index in [0.717, 1.165) is 18.9 Å². The minimum absolute atomic E-state index is 0.541. The van der Waals surface area contributed by atoms with Crippen molar-refractivity contribution in [1.29, 1.82) is 0 Å². The molecule has 0 aliphatic carbocycles. The summed E-state index contributed by atoms with van der Waals surface area (Å²) in [6, 6.07) is 8.51. The van der Waals surface area contributed by atoms with Gasteiger partial charge in [-0.3, -0.25) is 0 Å². The summed E-state index contributed by atoms with van der Waals surface area (Å²) in [6.45, 7) is 6.18. The third kappa shape index (κ3) is 5.73. The molecule has 1 rings (SSSR count). The molecule has 0 saturated carbocycles. The number of benzene rings is 1. The molecule has 0 aromatic heterocycles. The van der Waals surface area contributed by atoms with Crippen LogP contribution in [0.3, 0.4) is 0 Å². The van der Waals surface area contributed by atoms with E-state index in [4.69, 9.17) is 4.74 Å². The summed E-state index contributed by atoms with van der Waals surface area (Å²) < 4.78 is 5.74. The van der Waals surface area contributed by atoms with Crippen molar-refractivity contribution in [2.24, 2.45) is 5.92 Å². The lowest BCUT2D eigenvalue weighted by Crippen LogP contribution is -2.21. The van der Waals surface area contributed by atoms with Crippen LogP contribution in [0.25, 0.3) is 0 Å². The van der Waals surface area contributed by atoms with Crippen molar-refractivity contribution >= 4 is 0 Å². The van der Waals surface area contributed by atoms with E-state index in [1.807, 2.05) is 7.05 Å². The van der Waals surface area contributed by atoms with Crippen LogP contribution in [0.4, 0.5) is 0 Å². The molecule has 0 saturated heterocycles. The first-order valence-corrected chi connectivity index (χ1v) is 6.62. The average Bonchev–Trinajstić information content (AvgIpc) is 2.35. The van der Waals surface area contributed by atoms with Gasteiger partial charge in [-0.2, -0.15) is 0 Å². The Morgan fingerprint density at radius 1 is 1.24 bits per heavy atom. The maximum atomic E-state index is 5.74. The fraction of sp³-hybridized carbons (Fsp3) is 0.600. The van der Waals surface area contributed by atoms with Gasteiger partial charge in [0, 0.05) is 12.5 Å². The summed E-state index contributed by atoms with van der Waals surface area (Å²) in [4.78, 5) is 0. The standard InChI is InChI=1S/C15H25NO/c1-4-5-6-14-7-9-15(10-8-14)17-12-13(2)11-16-3/h7-10,13,16H,4-6,11-12H2,1-3H3. The van der Waals surface area contributed by atoms with Crippen LogP contribution in [0.15, 0.2) is 24.3 Å². The Morgan fingerprint density at radius 3 is 2.53 bits per heavy atom. The Bertz CT molecular complexity index is 294. The van der Waals surface area contributed by atoms with Gasteiger partial charge in [-0.25, -0.2) is 0 Å². The van der Waals surface area contributed by atoms with Gasteiger partial charge in [0.15, 0.2) is 0 Å².